The van der Waals surface area contributed by atoms with Gasteiger partial charge in [-0.05, 0) is 41.5 Å². The monoisotopic (exact) mass is 469 g/mol. The zero-order valence-electron chi connectivity index (χ0n) is 21.5. The molecule has 3 N–H and O–H groups in total. The number of nitrogens with two attached hydrogens (primary N) is 1. The zero-order chi connectivity index (χ0) is 25.2. The highest BCUT2D eigenvalue weighted by Crippen LogP contribution is 2.25. The molecule has 4 nitrogen and oxygen atoms in total. The number of carbonyl (C=O) groups excluding carboxylic acids is 1. The second kappa shape index (κ2) is 12.9. The molecule has 0 saturated heterocycles. The summed E-state index contributed by atoms with van der Waals surface area (Å²) in [6.07, 6.45) is 2.56. The van der Waals surface area contributed by atoms with Crippen molar-refractivity contribution in [3.05, 3.63) is 107 Å². The van der Waals surface area contributed by atoms with Crippen LogP contribution in [0.3, 0.4) is 0 Å². The fraction of sp³-hybridized carbons (Fsp3) is 0.323. The van der Waals surface area contributed by atoms with Crippen LogP contribution < -0.4 is 11.2 Å². The Hall–Kier alpha value is -3.37. The highest BCUT2D eigenvalue weighted by molar-refractivity contribution is 5.96. The second-order valence-corrected chi connectivity index (χ2v) is 9.49. The summed E-state index contributed by atoms with van der Waals surface area (Å²) in [7, 11) is 1.78. The van der Waals surface area contributed by atoms with Crippen LogP contribution in [-0.4, -0.2) is 24.4 Å². The van der Waals surface area contributed by atoms with Crippen molar-refractivity contribution in [2.24, 2.45) is 11.8 Å². The third-order valence-corrected chi connectivity index (χ3v) is 6.72. The van der Waals surface area contributed by atoms with Crippen molar-refractivity contribution < 1.29 is 4.79 Å². The molecule has 3 aromatic rings. The van der Waals surface area contributed by atoms with E-state index in [0.29, 0.717) is 29.7 Å². The first-order chi connectivity index (χ1) is 16.9. The van der Waals surface area contributed by atoms with Crippen LogP contribution in [-0.2, 0) is 11.2 Å². The third kappa shape index (κ3) is 7.56. The number of nitrogens with one attached hydrogen (secondary N) is 1. The largest absolute Gasteiger partial charge is 0.370 e. The van der Waals surface area contributed by atoms with Crippen LogP contribution >= 0.6 is 0 Å². The van der Waals surface area contributed by atoms with Gasteiger partial charge >= 0.3 is 0 Å². The Morgan fingerprint density at radius 1 is 0.914 bits per heavy atom. The first-order valence-electron chi connectivity index (χ1n) is 12.5. The number of hydrogen-bond acceptors (Lipinski definition) is 4. The van der Waals surface area contributed by atoms with Gasteiger partial charge in [-0.2, -0.15) is 0 Å². The minimum Gasteiger partial charge on any atom is -0.370 e. The number of rotatable bonds is 12. The van der Waals surface area contributed by atoms with E-state index in [1.54, 1.807) is 7.05 Å². The number of benzene rings is 3. The molecule has 0 aliphatic rings. The molecule has 0 amide bonds. The fourth-order valence-electron chi connectivity index (χ4n) is 4.35. The predicted octanol–water partition coefficient (Wildman–Crippen LogP) is 6.31. The van der Waals surface area contributed by atoms with E-state index in [-0.39, 0.29) is 5.78 Å². The van der Waals surface area contributed by atoms with E-state index in [4.69, 9.17) is 5.84 Å². The summed E-state index contributed by atoms with van der Waals surface area (Å²) >= 11 is 0. The number of hydrogen-bond donors (Lipinski definition) is 2. The number of ketones is 1. The number of Topliss-reactive ketones (excluding diaryl/α,β-unsaturated/α-hetero) is 1. The van der Waals surface area contributed by atoms with Gasteiger partial charge in [0.2, 0.25) is 0 Å². The summed E-state index contributed by atoms with van der Waals surface area (Å²) in [5.41, 5.74) is 5.26. The van der Waals surface area contributed by atoms with Crippen molar-refractivity contribution in [3.8, 4) is 11.1 Å². The summed E-state index contributed by atoms with van der Waals surface area (Å²) in [5, 5.41) is 5.03. The maximum atomic E-state index is 13.2. The van der Waals surface area contributed by atoms with Crippen LogP contribution in [0, 0.1) is 5.92 Å². The van der Waals surface area contributed by atoms with E-state index >= 15 is 0 Å². The quantitative estimate of drug-likeness (QED) is 0.185. The van der Waals surface area contributed by atoms with Crippen LogP contribution in [0.5, 0.6) is 0 Å². The van der Waals surface area contributed by atoms with Gasteiger partial charge in [0.05, 0.1) is 0 Å². The van der Waals surface area contributed by atoms with E-state index in [2.05, 4.69) is 67.7 Å². The molecule has 0 heterocycles. The molecule has 0 fully saturated rings. The van der Waals surface area contributed by atoms with Gasteiger partial charge < -0.3 is 5.32 Å². The molecule has 4 heteroatoms. The van der Waals surface area contributed by atoms with Gasteiger partial charge in [0, 0.05) is 31.5 Å². The van der Waals surface area contributed by atoms with Gasteiger partial charge in [0.15, 0.2) is 5.78 Å². The van der Waals surface area contributed by atoms with Crippen LogP contribution in [0.1, 0.15) is 50.7 Å². The predicted molar refractivity (Wildman–Crippen MR) is 146 cm³/mol. The first-order valence-corrected chi connectivity index (χ1v) is 12.5. The Bertz CT molecular complexity index is 1090. The molecular formula is C31H39N3O. The Morgan fingerprint density at radius 3 is 2.06 bits per heavy atom. The van der Waals surface area contributed by atoms with Crippen molar-refractivity contribution in [2.75, 3.05) is 13.6 Å². The van der Waals surface area contributed by atoms with Gasteiger partial charge in [0.25, 0.3) is 0 Å². The molecule has 2 atom stereocenters. The first kappa shape index (κ1) is 26.2. The average Bonchev–Trinajstić information content (AvgIpc) is 2.89. The molecule has 0 aromatic heterocycles. The molecule has 0 radical (unpaired) electrons. The summed E-state index contributed by atoms with van der Waals surface area (Å²) in [5.74, 6) is 7.87. The summed E-state index contributed by atoms with van der Waals surface area (Å²) < 4.78 is 0. The molecule has 2 unspecified atom stereocenters. The zero-order valence-corrected chi connectivity index (χ0v) is 21.5. The van der Waals surface area contributed by atoms with Gasteiger partial charge in [0.1, 0.15) is 5.82 Å². The topological polar surface area (TPSA) is 58.4 Å². The Morgan fingerprint density at radius 2 is 1.49 bits per heavy atom. The minimum absolute atomic E-state index is 0.0652. The van der Waals surface area contributed by atoms with Gasteiger partial charge in [-0.25, -0.2) is 5.84 Å². The van der Waals surface area contributed by atoms with E-state index in [1.807, 2.05) is 43.3 Å². The number of hydrazine groups is 1. The summed E-state index contributed by atoms with van der Waals surface area (Å²) in [6, 6.07) is 29.0. The van der Waals surface area contributed by atoms with Crippen molar-refractivity contribution in [1.29, 1.82) is 0 Å². The number of nitrogens with zero attached hydrogens (tertiary/aromatic N) is 1. The molecule has 3 rings (SSSR count). The fourth-order valence-corrected chi connectivity index (χ4v) is 4.35. The van der Waals surface area contributed by atoms with Crippen LogP contribution in [0.4, 0.5) is 0 Å². The summed E-state index contributed by atoms with van der Waals surface area (Å²) in [4.78, 5) is 13.2. The Balaban J connectivity index is 1.72. The number of carbonyl (C=O) groups is 1. The molecule has 0 saturated carbocycles. The lowest BCUT2D eigenvalue weighted by atomic mass is 9.88. The molecule has 0 aliphatic carbocycles. The molecule has 35 heavy (non-hydrogen) atoms. The lowest BCUT2D eigenvalue weighted by Gasteiger charge is -2.26. The van der Waals surface area contributed by atoms with Crippen LogP contribution in [0.15, 0.2) is 96.3 Å². The molecule has 3 aromatic carbocycles. The molecular weight excluding hydrogens is 430 g/mol. The lowest BCUT2D eigenvalue weighted by molar-refractivity contribution is -0.115. The summed E-state index contributed by atoms with van der Waals surface area (Å²) in [6.45, 7) is 7.11. The standard InChI is InChI=1S/C31H39N3O/c1-5-23(2)20-29(27-14-10-7-11-15-27)22-33-31(34(4)32)24(3)30(35)21-25-16-18-28(19-17-25)26-12-8-6-9-13-26/h6-19,23,29,33H,5,20-22,32H2,1-4H3/b31-24+. The van der Waals surface area contributed by atoms with Crippen molar-refractivity contribution in [2.45, 2.75) is 46.0 Å². The molecule has 184 valence electrons. The van der Waals surface area contributed by atoms with E-state index in [0.717, 1.165) is 30.5 Å². The highest BCUT2D eigenvalue weighted by atomic mass is 16.1. The third-order valence-electron chi connectivity index (χ3n) is 6.72. The van der Waals surface area contributed by atoms with E-state index < -0.39 is 0 Å². The van der Waals surface area contributed by atoms with Gasteiger partial charge in [-0.15, -0.1) is 0 Å². The van der Waals surface area contributed by atoms with Crippen LogP contribution in [0.2, 0.25) is 0 Å². The molecule has 0 bridgehead atoms. The molecule has 0 spiro atoms. The maximum Gasteiger partial charge on any atom is 0.166 e. The Labute approximate surface area is 210 Å². The van der Waals surface area contributed by atoms with Crippen molar-refractivity contribution in [3.63, 3.8) is 0 Å². The van der Waals surface area contributed by atoms with E-state index in [1.165, 1.54) is 16.1 Å². The highest BCUT2D eigenvalue weighted by Gasteiger charge is 2.18. The maximum absolute atomic E-state index is 13.2. The average molecular weight is 470 g/mol. The number of allylic oxidation sites excluding steroid dienone is 1. The Kier molecular flexibility index (Phi) is 9.68. The lowest BCUT2D eigenvalue weighted by Crippen LogP contribution is -2.38. The van der Waals surface area contributed by atoms with Gasteiger partial charge in [-0.1, -0.05) is 105 Å². The molecule has 0 aliphatic heterocycles. The SMILES string of the molecule is CCC(C)CC(CN/C(=C(/C)C(=O)Cc1ccc(-c2ccccc2)cc1)N(C)N)c1ccccc1. The van der Waals surface area contributed by atoms with E-state index in [9.17, 15) is 4.79 Å². The normalized spacial score (nSPS) is 13.5. The van der Waals surface area contributed by atoms with Crippen molar-refractivity contribution in [1.82, 2.24) is 10.3 Å². The van der Waals surface area contributed by atoms with Crippen molar-refractivity contribution >= 4 is 5.78 Å². The minimum atomic E-state index is 0.0652. The van der Waals surface area contributed by atoms with Crippen LogP contribution in [0.25, 0.3) is 11.1 Å². The second-order valence-electron chi connectivity index (χ2n) is 9.49. The van der Waals surface area contributed by atoms with Gasteiger partial charge in [-0.3, -0.25) is 9.80 Å². The smallest absolute Gasteiger partial charge is 0.166 e.